The summed E-state index contributed by atoms with van der Waals surface area (Å²) in [6, 6.07) is 4.85. The molecule has 0 bridgehead atoms. The molecule has 1 aliphatic heterocycles. The average molecular weight is 417 g/mol. The summed E-state index contributed by atoms with van der Waals surface area (Å²) in [5, 5.41) is 21.1. The van der Waals surface area contributed by atoms with Crippen LogP contribution < -0.4 is 10.2 Å². The molecule has 1 aliphatic carbocycles. The van der Waals surface area contributed by atoms with E-state index < -0.39 is 4.92 Å². The van der Waals surface area contributed by atoms with Gasteiger partial charge < -0.3 is 10.2 Å². The summed E-state index contributed by atoms with van der Waals surface area (Å²) in [4.78, 5) is 25.9. The van der Waals surface area contributed by atoms with Crippen LogP contribution in [0.1, 0.15) is 54.8 Å². The topological polar surface area (TPSA) is 109 Å². The smallest absolute Gasteiger partial charge is 0.270 e. The number of H-pyrrole nitrogens is 1. The quantitative estimate of drug-likeness (QED) is 0.425. The number of carbonyl (C=O) groups is 1. The Kier molecular flexibility index (Phi) is 5.35. The lowest BCUT2D eigenvalue weighted by Crippen LogP contribution is -2.35. The third-order valence-electron chi connectivity index (χ3n) is 5.66. The molecule has 2 heterocycles. The highest BCUT2D eigenvalue weighted by Gasteiger charge is 2.28. The number of rotatable bonds is 6. The van der Waals surface area contributed by atoms with Crippen molar-refractivity contribution in [1.29, 1.82) is 0 Å². The summed E-state index contributed by atoms with van der Waals surface area (Å²) in [6.45, 7) is 4.09. The number of aromatic amines is 1. The first-order valence-electron chi connectivity index (χ1n) is 9.91. The zero-order chi connectivity index (χ0) is 20.5. The number of carbonyl (C=O) groups excluding carboxylic acids is 1. The second-order valence-electron chi connectivity index (χ2n) is 7.86. The molecule has 1 aromatic carbocycles. The molecule has 1 saturated carbocycles. The Bertz CT molecular complexity index is 988. The van der Waals surface area contributed by atoms with Crippen molar-refractivity contribution in [1.82, 2.24) is 20.1 Å². The van der Waals surface area contributed by atoms with Gasteiger partial charge in [-0.05, 0) is 49.9 Å². The van der Waals surface area contributed by atoms with Gasteiger partial charge in [-0.25, -0.2) is 0 Å². The lowest BCUT2D eigenvalue weighted by Gasteiger charge is -2.33. The second kappa shape index (κ2) is 7.94. The highest BCUT2D eigenvalue weighted by atomic mass is 32.1. The number of nitrogens with zero attached hydrogens (tertiary/aromatic N) is 4. The van der Waals surface area contributed by atoms with Crippen LogP contribution >= 0.6 is 12.2 Å². The monoisotopic (exact) mass is 416 g/mol. The van der Waals surface area contributed by atoms with Crippen LogP contribution in [0.15, 0.2) is 18.2 Å². The molecule has 2 aliphatic rings. The van der Waals surface area contributed by atoms with Gasteiger partial charge in [0.05, 0.1) is 22.7 Å². The molecule has 29 heavy (non-hydrogen) atoms. The van der Waals surface area contributed by atoms with Crippen LogP contribution in [0.4, 0.5) is 11.4 Å². The summed E-state index contributed by atoms with van der Waals surface area (Å²) in [5.41, 5.74) is 0.965. The Hall–Kier alpha value is -2.75. The van der Waals surface area contributed by atoms with Crippen LogP contribution in [0.25, 0.3) is 0 Å². The first-order valence-corrected chi connectivity index (χ1v) is 10.3. The van der Waals surface area contributed by atoms with E-state index in [1.165, 1.54) is 12.1 Å². The third kappa shape index (κ3) is 4.16. The van der Waals surface area contributed by atoms with E-state index in [1.807, 2.05) is 4.57 Å². The molecule has 0 atom stereocenters. The maximum absolute atomic E-state index is 13.0. The van der Waals surface area contributed by atoms with Gasteiger partial charge in [0.15, 0.2) is 10.6 Å². The van der Waals surface area contributed by atoms with Crippen molar-refractivity contribution >= 4 is 29.5 Å². The SMILES string of the molecule is CC1CCN(c2ccc([N+](=O)[O-])cc2C(=O)NCc2n[nH]c(=S)n2C2CC2)CC1. The van der Waals surface area contributed by atoms with Gasteiger partial charge in [0.25, 0.3) is 11.6 Å². The van der Waals surface area contributed by atoms with Crippen LogP contribution in [-0.4, -0.2) is 38.7 Å². The van der Waals surface area contributed by atoms with Gasteiger partial charge >= 0.3 is 0 Å². The minimum atomic E-state index is -0.475. The van der Waals surface area contributed by atoms with Gasteiger partial charge in [-0.1, -0.05) is 6.92 Å². The molecule has 9 nitrogen and oxygen atoms in total. The molecule has 1 aromatic heterocycles. The highest BCUT2D eigenvalue weighted by Crippen LogP contribution is 2.35. The molecular formula is C19H24N6O3S. The van der Waals surface area contributed by atoms with E-state index >= 15 is 0 Å². The Morgan fingerprint density at radius 3 is 2.72 bits per heavy atom. The first kappa shape index (κ1) is 19.6. The Morgan fingerprint density at radius 2 is 2.07 bits per heavy atom. The second-order valence-corrected chi connectivity index (χ2v) is 8.24. The molecule has 0 unspecified atom stereocenters. The van der Waals surface area contributed by atoms with E-state index in [4.69, 9.17) is 12.2 Å². The van der Waals surface area contributed by atoms with Crippen molar-refractivity contribution in [3.63, 3.8) is 0 Å². The van der Waals surface area contributed by atoms with E-state index in [0.29, 0.717) is 28.1 Å². The normalized spacial score (nSPS) is 17.3. The molecule has 2 N–H and O–H groups in total. The number of nitro benzene ring substituents is 1. The lowest BCUT2D eigenvalue weighted by molar-refractivity contribution is -0.384. The molecule has 154 valence electrons. The zero-order valence-electron chi connectivity index (χ0n) is 16.3. The zero-order valence-corrected chi connectivity index (χ0v) is 17.1. The number of non-ortho nitro benzene ring substituents is 1. The molecule has 2 aromatic rings. The minimum Gasteiger partial charge on any atom is -0.371 e. The summed E-state index contributed by atoms with van der Waals surface area (Å²) in [6.07, 6.45) is 4.18. The van der Waals surface area contributed by atoms with E-state index in [-0.39, 0.29) is 18.1 Å². The summed E-state index contributed by atoms with van der Waals surface area (Å²) in [7, 11) is 0. The van der Waals surface area contributed by atoms with Crippen LogP contribution in [0.3, 0.4) is 0 Å². The number of anilines is 1. The highest BCUT2D eigenvalue weighted by molar-refractivity contribution is 7.71. The van der Waals surface area contributed by atoms with Crippen LogP contribution in [0.2, 0.25) is 0 Å². The van der Waals surface area contributed by atoms with E-state index in [9.17, 15) is 14.9 Å². The fourth-order valence-electron chi connectivity index (χ4n) is 3.77. The van der Waals surface area contributed by atoms with Crippen molar-refractivity contribution in [3.05, 3.63) is 44.5 Å². The molecule has 1 amide bonds. The molecule has 1 saturated heterocycles. The maximum atomic E-state index is 13.0. The number of hydrogen-bond donors (Lipinski definition) is 2. The summed E-state index contributed by atoms with van der Waals surface area (Å²) < 4.78 is 2.49. The fourth-order valence-corrected chi connectivity index (χ4v) is 4.07. The van der Waals surface area contributed by atoms with Gasteiger partial charge in [0.2, 0.25) is 0 Å². The van der Waals surface area contributed by atoms with E-state index in [2.05, 4.69) is 27.3 Å². The standard InChI is InChI=1S/C19H24N6O3S/c1-12-6-8-23(9-7-12)16-5-4-14(25(27)28)10-15(16)18(26)20-11-17-21-22-19(29)24(17)13-2-3-13/h4-5,10,12-13H,2-3,6-9,11H2,1H3,(H,20,26)(H,22,29). The lowest BCUT2D eigenvalue weighted by atomic mass is 9.98. The summed E-state index contributed by atoms with van der Waals surface area (Å²) >= 11 is 5.27. The van der Waals surface area contributed by atoms with Crippen LogP contribution in [0.5, 0.6) is 0 Å². The van der Waals surface area contributed by atoms with Crippen LogP contribution in [-0.2, 0) is 6.54 Å². The number of benzene rings is 1. The Labute approximate surface area is 173 Å². The molecular weight excluding hydrogens is 392 g/mol. The predicted octanol–water partition coefficient (Wildman–Crippen LogP) is 3.35. The third-order valence-corrected chi connectivity index (χ3v) is 5.94. The minimum absolute atomic E-state index is 0.0927. The fraction of sp³-hybridized carbons (Fsp3) is 0.526. The van der Waals surface area contributed by atoms with Gasteiger partial charge in [-0.3, -0.25) is 24.6 Å². The molecule has 4 rings (SSSR count). The van der Waals surface area contributed by atoms with Crippen molar-refractivity contribution < 1.29 is 9.72 Å². The number of nitrogens with one attached hydrogen (secondary N) is 2. The number of aromatic nitrogens is 3. The number of nitro groups is 1. The average Bonchev–Trinajstić information content (AvgIpc) is 3.48. The molecule has 0 spiro atoms. The number of amides is 1. The van der Waals surface area contributed by atoms with Crippen molar-refractivity contribution in [3.8, 4) is 0 Å². The van der Waals surface area contributed by atoms with E-state index in [1.54, 1.807) is 6.07 Å². The van der Waals surface area contributed by atoms with Crippen LogP contribution in [0, 0.1) is 20.8 Å². The van der Waals surface area contributed by atoms with Gasteiger partial charge in [-0.2, -0.15) is 5.10 Å². The predicted molar refractivity (Wildman–Crippen MR) is 111 cm³/mol. The molecule has 10 heteroatoms. The van der Waals surface area contributed by atoms with Crippen molar-refractivity contribution in [2.45, 2.75) is 45.2 Å². The van der Waals surface area contributed by atoms with Crippen molar-refractivity contribution in [2.75, 3.05) is 18.0 Å². The molecule has 0 radical (unpaired) electrons. The van der Waals surface area contributed by atoms with Crippen molar-refractivity contribution in [2.24, 2.45) is 5.92 Å². The van der Waals surface area contributed by atoms with Gasteiger partial charge in [0, 0.05) is 31.3 Å². The number of hydrogen-bond acceptors (Lipinski definition) is 6. The Morgan fingerprint density at radius 1 is 1.34 bits per heavy atom. The van der Waals surface area contributed by atoms with E-state index in [0.717, 1.165) is 44.5 Å². The Balaban J connectivity index is 1.56. The molecule has 2 fully saturated rings. The van der Waals surface area contributed by atoms with Gasteiger partial charge in [0.1, 0.15) is 0 Å². The summed E-state index contributed by atoms with van der Waals surface area (Å²) in [5.74, 6) is 0.968. The van der Waals surface area contributed by atoms with Gasteiger partial charge in [-0.15, -0.1) is 0 Å². The largest absolute Gasteiger partial charge is 0.371 e. The first-order chi connectivity index (χ1) is 13.9. The number of piperidine rings is 1. The maximum Gasteiger partial charge on any atom is 0.270 e.